The van der Waals surface area contributed by atoms with E-state index in [0.717, 1.165) is 25.6 Å². The van der Waals surface area contributed by atoms with Crippen LogP contribution in [0.1, 0.15) is 39.5 Å². The van der Waals surface area contributed by atoms with Gasteiger partial charge in [0.15, 0.2) is 0 Å². The molecule has 0 aromatic carbocycles. The molecule has 0 saturated heterocycles. The van der Waals surface area contributed by atoms with E-state index in [4.69, 9.17) is 4.74 Å². The van der Waals surface area contributed by atoms with Crippen LogP contribution in [0.15, 0.2) is 0 Å². The Bertz CT molecular complexity index is 199. The van der Waals surface area contributed by atoms with Crippen molar-refractivity contribution in [3.63, 3.8) is 0 Å². The van der Waals surface area contributed by atoms with Gasteiger partial charge in [0, 0.05) is 25.7 Å². The second-order valence-electron chi connectivity index (χ2n) is 5.17. The molecule has 3 atom stereocenters. The Morgan fingerprint density at radius 1 is 1.29 bits per heavy atom. The van der Waals surface area contributed by atoms with Crippen LogP contribution in [0.4, 0.5) is 0 Å². The number of rotatable bonds is 7. The molecule has 1 aliphatic rings. The van der Waals surface area contributed by atoms with Gasteiger partial charge in [-0.1, -0.05) is 20.3 Å². The second kappa shape index (κ2) is 8.06. The lowest BCUT2D eigenvalue weighted by Gasteiger charge is -2.42. The lowest BCUT2D eigenvalue weighted by molar-refractivity contribution is 0.0732. The maximum atomic E-state index is 5.22. The zero-order valence-electron chi connectivity index (χ0n) is 12.0. The topological polar surface area (TPSA) is 24.5 Å². The largest absolute Gasteiger partial charge is 0.383 e. The van der Waals surface area contributed by atoms with Gasteiger partial charge in [-0.2, -0.15) is 0 Å². The lowest BCUT2D eigenvalue weighted by atomic mass is 9.80. The Morgan fingerprint density at radius 2 is 2.06 bits per heavy atom. The van der Waals surface area contributed by atoms with Crippen LogP contribution in [0.3, 0.4) is 0 Å². The summed E-state index contributed by atoms with van der Waals surface area (Å²) in [5.41, 5.74) is 0. The van der Waals surface area contributed by atoms with Crippen LogP contribution in [0, 0.1) is 5.92 Å². The maximum Gasteiger partial charge on any atom is 0.0589 e. The van der Waals surface area contributed by atoms with Gasteiger partial charge in [-0.15, -0.1) is 0 Å². The molecular formula is C14H30N2O. The zero-order valence-corrected chi connectivity index (χ0v) is 12.0. The van der Waals surface area contributed by atoms with E-state index in [2.05, 4.69) is 31.1 Å². The molecule has 0 spiro atoms. The molecule has 0 heterocycles. The van der Waals surface area contributed by atoms with Crippen molar-refractivity contribution in [1.82, 2.24) is 10.2 Å². The van der Waals surface area contributed by atoms with Gasteiger partial charge in [0.2, 0.25) is 0 Å². The second-order valence-corrected chi connectivity index (χ2v) is 5.17. The molecule has 1 aliphatic carbocycles. The number of hydrogen-bond acceptors (Lipinski definition) is 3. The number of nitrogens with one attached hydrogen (secondary N) is 1. The minimum Gasteiger partial charge on any atom is -0.383 e. The molecule has 0 bridgehead atoms. The van der Waals surface area contributed by atoms with Gasteiger partial charge in [0.05, 0.1) is 6.61 Å². The molecule has 1 N–H and O–H groups in total. The Morgan fingerprint density at radius 3 is 2.59 bits per heavy atom. The van der Waals surface area contributed by atoms with E-state index in [9.17, 15) is 0 Å². The van der Waals surface area contributed by atoms with Crippen molar-refractivity contribution < 1.29 is 4.74 Å². The molecular weight excluding hydrogens is 212 g/mol. The van der Waals surface area contributed by atoms with Crippen molar-refractivity contribution in [2.45, 2.75) is 51.6 Å². The van der Waals surface area contributed by atoms with Gasteiger partial charge in [0.25, 0.3) is 0 Å². The fraction of sp³-hybridized carbons (Fsp3) is 1.00. The van der Waals surface area contributed by atoms with Gasteiger partial charge < -0.3 is 10.1 Å². The first-order valence-electron chi connectivity index (χ1n) is 7.17. The quantitative estimate of drug-likeness (QED) is 0.740. The molecule has 3 heteroatoms. The summed E-state index contributed by atoms with van der Waals surface area (Å²) in [5.74, 6) is 0.918. The van der Waals surface area contributed by atoms with E-state index in [1.807, 2.05) is 0 Å². The number of nitrogens with zero attached hydrogens (tertiary/aromatic N) is 1. The number of ether oxygens (including phenoxy) is 1. The van der Waals surface area contributed by atoms with Crippen molar-refractivity contribution in [1.29, 1.82) is 0 Å². The Labute approximate surface area is 107 Å². The minimum atomic E-state index is 0.662. The predicted octanol–water partition coefficient (Wildman–Crippen LogP) is 2.12. The third-order valence-electron chi connectivity index (χ3n) is 4.33. The highest BCUT2D eigenvalue weighted by Gasteiger charge is 2.32. The summed E-state index contributed by atoms with van der Waals surface area (Å²) >= 11 is 0. The first-order chi connectivity index (χ1) is 8.26. The number of likely N-dealkylation sites (N-methyl/N-ethyl adjacent to an activating group) is 2. The van der Waals surface area contributed by atoms with Crippen LogP contribution in [-0.4, -0.2) is 50.8 Å². The summed E-state index contributed by atoms with van der Waals surface area (Å²) < 4.78 is 5.22. The molecule has 1 rings (SSSR count). The van der Waals surface area contributed by atoms with Gasteiger partial charge in [0.1, 0.15) is 0 Å². The molecule has 17 heavy (non-hydrogen) atoms. The highest BCUT2D eigenvalue weighted by molar-refractivity contribution is 4.90. The normalized spacial score (nSPS) is 29.8. The first kappa shape index (κ1) is 14.9. The van der Waals surface area contributed by atoms with E-state index >= 15 is 0 Å². The average molecular weight is 242 g/mol. The molecule has 0 aromatic rings. The van der Waals surface area contributed by atoms with Gasteiger partial charge in [-0.3, -0.25) is 4.90 Å². The molecule has 102 valence electrons. The Balaban J connectivity index is 2.59. The summed E-state index contributed by atoms with van der Waals surface area (Å²) in [4.78, 5) is 2.59. The minimum absolute atomic E-state index is 0.662. The fourth-order valence-corrected chi connectivity index (χ4v) is 3.11. The molecule has 3 unspecified atom stereocenters. The van der Waals surface area contributed by atoms with Crippen LogP contribution >= 0.6 is 0 Å². The lowest BCUT2D eigenvalue weighted by Crippen LogP contribution is -2.53. The summed E-state index contributed by atoms with van der Waals surface area (Å²) in [6.45, 7) is 7.62. The van der Waals surface area contributed by atoms with E-state index in [0.29, 0.717) is 12.1 Å². The van der Waals surface area contributed by atoms with E-state index in [1.54, 1.807) is 7.11 Å². The van der Waals surface area contributed by atoms with E-state index in [-0.39, 0.29) is 0 Å². The molecule has 1 fully saturated rings. The zero-order chi connectivity index (χ0) is 12.7. The standard InChI is InChI=1S/C14H30N2O/c1-5-12-7-8-13(15-3)14(11-12)16(6-2)9-10-17-4/h12-15H,5-11H2,1-4H3. The highest BCUT2D eigenvalue weighted by atomic mass is 16.5. The smallest absolute Gasteiger partial charge is 0.0589 e. The fourth-order valence-electron chi connectivity index (χ4n) is 3.11. The van der Waals surface area contributed by atoms with Gasteiger partial charge in [-0.05, 0) is 38.8 Å². The van der Waals surface area contributed by atoms with Gasteiger partial charge >= 0.3 is 0 Å². The molecule has 0 amide bonds. The van der Waals surface area contributed by atoms with Crippen molar-refractivity contribution in [3.8, 4) is 0 Å². The highest BCUT2D eigenvalue weighted by Crippen LogP contribution is 2.29. The third kappa shape index (κ3) is 4.23. The SMILES string of the molecule is CCC1CCC(NC)C(N(CC)CCOC)C1. The van der Waals surface area contributed by atoms with Crippen molar-refractivity contribution in [2.24, 2.45) is 5.92 Å². The van der Waals surface area contributed by atoms with Crippen molar-refractivity contribution in [3.05, 3.63) is 0 Å². The summed E-state index contributed by atoms with van der Waals surface area (Å²) in [5, 5.41) is 3.51. The Hall–Kier alpha value is -0.120. The van der Waals surface area contributed by atoms with Crippen LogP contribution in [0.25, 0.3) is 0 Å². The molecule has 0 aliphatic heterocycles. The summed E-state index contributed by atoms with van der Waals surface area (Å²) in [6.07, 6.45) is 5.39. The monoisotopic (exact) mass is 242 g/mol. The Kier molecular flexibility index (Phi) is 7.09. The van der Waals surface area contributed by atoms with Crippen LogP contribution < -0.4 is 5.32 Å². The summed E-state index contributed by atoms with van der Waals surface area (Å²) in [7, 11) is 3.90. The first-order valence-corrected chi connectivity index (χ1v) is 7.17. The third-order valence-corrected chi connectivity index (χ3v) is 4.33. The van der Waals surface area contributed by atoms with Crippen LogP contribution in [-0.2, 0) is 4.74 Å². The van der Waals surface area contributed by atoms with Gasteiger partial charge in [-0.25, -0.2) is 0 Å². The molecule has 3 nitrogen and oxygen atoms in total. The molecule has 0 radical (unpaired) electrons. The number of methoxy groups -OCH3 is 1. The van der Waals surface area contributed by atoms with E-state index < -0.39 is 0 Å². The molecule has 0 aromatic heterocycles. The van der Waals surface area contributed by atoms with Crippen molar-refractivity contribution in [2.75, 3.05) is 33.9 Å². The average Bonchev–Trinajstić information content (AvgIpc) is 2.39. The van der Waals surface area contributed by atoms with E-state index in [1.165, 1.54) is 25.7 Å². The van der Waals surface area contributed by atoms with Crippen molar-refractivity contribution >= 4 is 0 Å². The predicted molar refractivity (Wildman–Crippen MR) is 73.4 cm³/mol. The summed E-state index contributed by atoms with van der Waals surface area (Å²) in [6, 6.07) is 1.36. The number of hydrogen-bond donors (Lipinski definition) is 1. The van der Waals surface area contributed by atoms with Crippen LogP contribution in [0.5, 0.6) is 0 Å². The molecule has 1 saturated carbocycles. The maximum absolute atomic E-state index is 5.22. The van der Waals surface area contributed by atoms with Crippen LogP contribution in [0.2, 0.25) is 0 Å².